The first kappa shape index (κ1) is 34.9. The Bertz CT molecular complexity index is 3470. The lowest BCUT2D eigenvalue weighted by molar-refractivity contribution is 0.669. The molecule has 0 radical (unpaired) electrons. The average Bonchev–Trinajstić information content (AvgIpc) is 3.88. The van der Waals surface area contributed by atoms with Crippen LogP contribution >= 0.6 is 0 Å². The van der Waals surface area contributed by atoms with Gasteiger partial charge in [0.05, 0.1) is 11.0 Å². The highest BCUT2D eigenvalue weighted by Crippen LogP contribution is 2.44. The molecule has 3 heteroatoms. The Morgan fingerprint density at radius 1 is 0.311 bits per heavy atom. The number of aromatic nitrogens is 1. The fourth-order valence-corrected chi connectivity index (χ4v) is 9.31. The Kier molecular flexibility index (Phi) is 8.17. The van der Waals surface area contributed by atoms with Gasteiger partial charge < -0.3 is 13.9 Å². The lowest BCUT2D eigenvalue weighted by Gasteiger charge is -2.26. The molecule has 0 saturated carbocycles. The van der Waals surface area contributed by atoms with Crippen LogP contribution in [-0.4, -0.2) is 4.57 Å². The Labute approximate surface area is 353 Å². The zero-order chi connectivity index (χ0) is 40.3. The summed E-state index contributed by atoms with van der Waals surface area (Å²) in [6.45, 7) is 0. The second-order valence-corrected chi connectivity index (χ2v) is 15.7. The summed E-state index contributed by atoms with van der Waals surface area (Å²) in [7, 11) is 0. The summed E-state index contributed by atoms with van der Waals surface area (Å²) in [5.74, 6) is 0. The van der Waals surface area contributed by atoms with Crippen LogP contribution in [0, 0.1) is 0 Å². The van der Waals surface area contributed by atoms with Gasteiger partial charge >= 0.3 is 0 Å². The third-order valence-electron chi connectivity index (χ3n) is 12.2. The van der Waals surface area contributed by atoms with Gasteiger partial charge in [0.25, 0.3) is 0 Å². The summed E-state index contributed by atoms with van der Waals surface area (Å²) in [6.07, 6.45) is 0. The largest absolute Gasteiger partial charge is 0.456 e. The molecule has 2 heterocycles. The molecule has 0 saturated heterocycles. The number of anilines is 3. The van der Waals surface area contributed by atoms with E-state index in [0.29, 0.717) is 0 Å². The molecular weight excluding hydrogens is 741 g/mol. The van der Waals surface area contributed by atoms with Gasteiger partial charge in [-0.25, -0.2) is 0 Å². The van der Waals surface area contributed by atoms with Crippen LogP contribution in [0.15, 0.2) is 235 Å². The van der Waals surface area contributed by atoms with Crippen LogP contribution in [-0.2, 0) is 0 Å². The summed E-state index contributed by atoms with van der Waals surface area (Å²) in [5, 5.41) is 7.04. The standard InChI is InChI=1S/C58H38N2O/c1-4-14-39(15-5-1)41-24-29-45(30-25-41)59(46-31-26-42(27-32-46)40-16-6-2-7-17-40)47-33-35-56-53(37-47)58-51-22-11-10-20-48(51)52(38-57(58)61-56)43-28-34-50-49-21-12-13-23-54(49)60(55(50)36-43)44-18-8-3-9-19-44/h1-38H. The van der Waals surface area contributed by atoms with Crippen molar-refractivity contribution < 1.29 is 4.42 Å². The monoisotopic (exact) mass is 778 g/mol. The van der Waals surface area contributed by atoms with Gasteiger partial charge in [0.15, 0.2) is 0 Å². The first-order valence-electron chi connectivity index (χ1n) is 20.8. The smallest absolute Gasteiger partial charge is 0.136 e. The van der Waals surface area contributed by atoms with E-state index in [1.165, 1.54) is 54.8 Å². The zero-order valence-corrected chi connectivity index (χ0v) is 33.2. The third-order valence-corrected chi connectivity index (χ3v) is 12.2. The molecule has 0 fully saturated rings. The summed E-state index contributed by atoms with van der Waals surface area (Å²) in [6, 6.07) is 82.7. The zero-order valence-electron chi connectivity index (χ0n) is 33.2. The van der Waals surface area contributed by atoms with Gasteiger partial charge in [-0.3, -0.25) is 0 Å². The van der Waals surface area contributed by atoms with E-state index in [0.717, 1.165) is 55.8 Å². The minimum Gasteiger partial charge on any atom is -0.456 e. The summed E-state index contributed by atoms with van der Waals surface area (Å²) in [4.78, 5) is 2.35. The molecule has 61 heavy (non-hydrogen) atoms. The van der Waals surface area contributed by atoms with Crippen molar-refractivity contribution in [1.29, 1.82) is 0 Å². The van der Waals surface area contributed by atoms with E-state index >= 15 is 0 Å². The van der Waals surface area contributed by atoms with Crippen molar-refractivity contribution in [2.45, 2.75) is 0 Å². The molecule has 12 aromatic rings. The lowest BCUT2D eigenvalue weighted by atomic mass is 9.94. The highest BCUT2D eigenvalue weighted by Gasteiger charge is 2.20. The van der Waals surface area contributed by atoms with E-state index in [2.05, 4.69) is 240 Å². The third kappa shape index (κ3) is 5.90. The van der Waals surface area contributed by atoms with E-state index in [4.69, 9.17) is 4.42 Å². The highest BCUT2D eigenvalue weighted by molar-refractivity contribution is 6.23. The second kappa shape index (κ2) is 14.3. The molecule has 0 N–H and O–H groups in total. The summed E-state index contributed by atoms with van der Waals surface area (Å²) >= 11 is 0. The van der Waals surface area contributed by atoms with E-state index in [9.17, 15) is 0 Å². The van der Waals surface area contributed by atoms with Crippen molar-refractivity contribution in [3.63, 3.8) is 0 Å². The number of fused-ring (bicyclic) bond motifs is 8. The Hall–Kier alpha value is -8.14. The van der Waals surface area contributed by atoms with Crippen molar-refractivity contribution >= 4 is 71.6 Å². The predicted octanol–water partition coefficient (Wildman–Crippen LogP) is 16.3. The molecule has 0 aliphatic rings. The van der Waals surface area contributed by atoms with Crippen LogP contribution in [0.1, 0.15) is 0 Å². The predicted molar refractivity (Wildman–Crippen MR) is 257 cm³/mol. The van der Waals surface area contributed by atoms with Gasteiger partial charge in [-0.2, -0.15) is 0 Å². The number of nitrogens with zero attached hydrogens (tertiary/aromatic N) is 2. The molecule has 0 amide bonds. The SMILES string of the molecule is c1ccc(-c2ccc(N(c3ccc(-c4ccccc4)cc3)c3ccc4oc5cc(-c6ccc7c8ccccc8n(-c8ccccc8)c7c6)c6ccccc6c5c4c3)cc2)cc1. The van der Waals surface area contributed by atoms with Gasteiger partial charge in [-0.15, -0.1) is 0 Å². The van der Waals surface area contributed by atoms with Crippen LogP contribution in [0.5, 0.6) is 0 Å². The molecule has 3 nitrogen and oxygen atoms in total. The maximum absolute atomic E-state index is 6.80. The Balaban J connectivity index is 1.02. The quantitative estimate of drug-likeness (QED) is 0.161. The number of furan rings is 1. The van der Waals surface area contributed by atoms with Gasteiger partial charge in [-0.05, 0) is 117 Å². The molecule has 12 rings (SSSR count). The minimum absolute atomic E-state index is 0.861. The van der Waals surface area contributed by atoms with Gasteiger partial charge in [-0.1, -0.05) is 158 Å². The lowest BCUT2D eigenvalue weighted by Crippen LogP contribution is -2.09. The van der Waals surface area contributed by atoms with Crippen molar-refractivity contribution in [2.24, 2.45) is 0 Å². The first-order valence-corrected chi connectivity index (χ1v) is 20.8. The van der Waals surface area contributed by atoms with Gasteiger partial charge in [0.2, 0.25) is 0 Å². The van der Waals surface area contributed by atoms with Crippen LogP contribution in [0.2, 0.25) is 0 Å². The molecule has 0 atom stereocenters. The van der Waals surface area contributed by atoms with E-state index in [-0.39, 0.29) is 0 Å². The number of hydrogen-bond acceptors (Lipinski definition) is 2. The first-order chi connectivity index (χ1) is 30.2. The van der Waals surface area contributed by atoms with Crippen molar-refractivity contribution in [3.8, 4) is 39.1 Å². The molecular formula is C58H38N2O. The molecule has 0 unspecified atom stereocenters. The van der Waals surface area contributed by atoms with Crippen molar-refractivity contribution in [1.82, 2.24) is 4.57 Å². The number of benzene rings is 10. The maximum Gasteiger partial charge on any atom is 0.136 e. The normalized spacial score (nSPS) is 11.6. The van der Waals surface area contributed by atoms with Crippen LogP contribution in [0.3, 0.4) is 0 Å². The molecule has 0 aliphatic carbocycles. The molecule has 0 bridgehead atoms. The number of para-hydroxylation sites is 2. The topological polar surface area (TPSA) is 21.3 Å². The summed E-state index contributed by atoms with van der Waals surface area (Å²) in [5.41, 5.74) is 15.5. The average molecular weight is 779 g/mol. The van der Waals surface area contributed by atoms with Gasteiger partial charge in [0.1, 0.15) is 11.2 Å². The van der Waals surface area contributed by atoms with Crippen LogP contribution < -0.4 is 4.90 Å². The summed E-state index contributed by atoms with van der Waals surface area (Å²) < 4.78 is 9.19. The molecule has 286 valence electrons. The Morgan fingerprint density at radius 2 is 0.820 bits per heavy atom. The number of hydrogen-bond donors (Lipinski definition) is 0. The fourth-order valence-electron chi connectivity index (χ4n) is 9.31. The van der Waals surface area contributed by atoms with Crippen molar-refractivity contribution in [3.05, 3.63) is 231 Å². The van der Waals surface area contributed by atoms with Crippen molar-refractivity contribution in [2.75, 3.05) is 4.90 Å². The number of rotatable bonds is 7. The van der Waals surface area contributed by atoms with Crippen LogP contribution in [0.4, 0.5) is 17.1 Å². The molecule has 10 aromatic carbocycles. The minimum atomic E-state index is 0.861. The highest BCUT2D eigenvalue weighted by atomic mass is 16.3. The molecule has 0 spiro atoms. The fraction of sp³-hybridized carbons (Fsp3) is 0. The van der Waals surface area contributed by atoms with E-state index < -0.39 is 0 Å². The Morgan fingerprint density at radius 3 is 1.48 bits per heavy atom. The maximum atomic E-state index is 6.80. The molecule has 0 aliphatic heterocycles. The van der Waals surface area contributed by atoms with E-state index in [1.807, 2.05) is 0 Å². The van der Waals surface area contributed by atoms with Crippen LogP contribution in [0.25, 0.3) is 93.6 Å². The second-order valence-electron chi connectivity index (χ2n) is 15.7. The van der Waals surface area contributed by atoms with E-state index in [1.54, 1.807) is 0 Å². The van der Waals surface area contributed by atoms with Gasteiger partial charge in [0, 0.05) is 44.3 Å². The molecule has 2 aromatic heterocycles.